The van der Waals surface area contributed by atoms with Crippen LogP contribution in [0.25, 0.3) is 16.5 Å². The number of aliphatic hydroxyl groups excluding tert-OH is 1. The first-order valence-corrected chi connectivity index (χ1v) is 5.23. The number of aliphatic hydroxyl groups is 1. The van der Waals surface area contributed by atoms with Gasteiger partial charge in [-0.1, -0.05) is 17.3 Å². The highest BCUT2D eigenvalue weighted by molar-refractivity contribution is 5.89. The van der Waals surface area contributed by atoms with Crippen LogP contribution in [0.4, 0.5) is 0 Å². The zero-order valence-electron chi connectivity index (χ0n) is 8.98. The van der Waals surface area contributed by atoms with E-state index in [1.807, 2.05) is 24.3 Å². The Hall–Kier alpha value is -2.27. The van der Waals surface area contributed by atoms with Gasteiger partial charge in [-0.15, -0.1) is 5.10 Å². The molecule has 5 heteroatoms. The number of fused-ring (bicyclic) bond motifs is 1. The Labute approximate surface area is 97.3 Å². The molecule has 0 atom stereocenters. The van der Waals surface area contributed by atoms with E-state index in [-0.39, 0.29) is 6.61 Å². The summed E-state index contributed by atoms with van der Waals surface area (Å²) in [5, 5.41) is 18.9. The van der Waals surface area contributed by atoms with E-state index >= 15 is 0 Å². The van der Waals surface area contributed by atoms with E-state index in [2.05, 4.69) is 15.3 Å². The SMILES string of the molecule is OCc1cn(-c2cccc3ccncc23)nn1. The maximum absolute atomic E-state index is 8.98. The summed E-state index contributed by atoms with van der Waals surface area (Å²) < 4.78 is 1.65. The van der Waals surface area contributed by atoms with Crippen LogP contribution in [-0.4, -0.2) is 25.1 Å². The minimum atomic E-state index is -0.108. The Kier molecular flexibility index (Phi) is 2.31. The summed E-state index contributed by atoms with van der Waals surface area (Å²) in [6, 6.07) is 7.87. The molecule has 3 rings (SSSR count). The minimum Gasteiger partial charge on any atom is -0.390 e. The molecule has 1 aromatic carbocycles. The third-order valence-corrected chi connectivity index (χ3v) is 2.61. The average Bonchev–Trinajstić information content (AvgIpc) is 2.87. The van der Waals surface area contributed by atoms with Crippen molar-refractivity contribution < 1.29 is 5.11 Å². The number of benzene rings is 1. The van der Waals surface area contributed by atoms with E-state index in [9.17, 15) is 0 Å². The summed E-state index contributed by atoms with van der Waals surface area (Å²) in [7, 11) is 0. The average molecular weight is 226 g/mol. The van der Waals surface area contributed by atoms with E-state index in [1.165, 1.54) is 0 Å². The highest BCUT2D eigenvalue weighted by Gasteiger charge is 2.05. The van der Waals surface area contributed by atoms with E-state index < -0.39 is 0 Å². The standard InChI is InChI=1S/C12H10N4O/c17-8-10-7-16(15-14-10)12-3-1-2-9-4-5-13-6-11(9)12/h1-7,17H,8H2. The molecule has 0 aliphatic rings. The van der Waals surface area contributed by atoms with Crippen LogP contribution < -0.4 is 0 Å². The molecule has 0 fully saturated rings. The fourth-order valence-electron chi connectivity index (χ4n) is 1.79. The van der Waals surface area contributed by atoms with E-state index in [0.717, 1.165) is 16.5 Å². The molecular weight excluding hydrogens is 216 g/mol. The number of hydrogen-bond acceptors (Lipinski definition) is 4. The van der Waals surface area contributed by atoms with Gasteiger partial charge in [-0.3, -0.25) is 4.98 Å². The zero-order valence-corrected chi connectivity index (χ0v) is 8.98. The van der Waals surface area contributed by atoms with Gasteiger partial charge in [0, 0.05) is 17.8 Å². The third-order valence-electron chi connectivity index (χ3n) is 2.61. The van der Waals surface area contributed by atoms with Crippen molar-refractivity contribution in [3.8, 4) is 5.69 Å². The van der Waals surface area contributed by atoms with Crippen LogP contribution in [-0.2, 0) is 6.61 Å². The van der Waals surface area contributed by atoms with Crippen molar-refractivity contribution in [2.24, 2.45) is 0 Å². The van der Waals surface area contributed by atoms with Crippen LogP contribution in [0, 0.1) is 0 Å². The second-order valence-electron chi connectivity index (χ2n) is 3.69. The van der Waals surface area contributed by atoms with Gasteiger partial charge in [0.1, 0.15) is 5.69 Å². The fraction of sp³-hybridized carbons (Fsp3) is 0.0833. The van der Waals surface area contributed by atoms with Gasteiger partial charge in [0.25, 0.3) is 0 Å². The van der Waals surface area contributed by atoms with Gasteiger partial charge >= 0.3 is 0 Å². The van der Waals surface area contributed by atoms with E-state index in [0.29, 0.717) is 5.69 Å². The highest BCUT2D eigenvalue weighted by Crippen LogP contribution is 2.20. The van der Waals surface area contributed by atoms with Gasteiger partial charge in [-0.05, 0) is 17.5 Å². The van der Waals surface area contributed by atoms with E-state index in [1.54, 1.807) is 23.3 Å². The molecule has 2 heterocycles. The summed E-state index contributed by atoms with van der Waals surface area (Å²) in [5.41, 5.74) is 1.45. The first kappa shape index (κ1) is 9.92. The van der Waals surface area contributed by atoms with Crippen molar-refractivity contribution in [3.63, 3.8) is 0 Å². The van der Waals surface area contributed by atoms with Gasteiger partial charge < -0.3 is 5.11 Å². The van der Waals surface area contributed by atoms with Crippen LogP contribution in [0.15, 0.2) is 42.9 Å². The van der Waals surface area contributed by atoms with Crippen molar-refractivity contribution in [2.75, 3.05) is 0 Å². The number of hydrogen-bond donors (Lipinski definition) is 1. The van der Waals surface area contributed by atoms with Crippen molar-refractivity contribution in [3.05, 3.63) is 48.5 Å². The molecule has 0 saturated heterocycles. The molecule has 3 aromatic rings. The number of nitrogens with zero attached hydrogens (tertiary/aromatic N) is 4. The molecule has 0 aliphatic carbocycles. The van der Waals surface area contributed by atoms with Crippen LogP contribution in [0.2, 0.25) is 0 Å². The summed E-state index contributed by atoms with van der Waals surface area (Å²) in [5.74, 6) is 0. The van der Waals surface area contributed by atoms with Crippen molar-refractivity contribution in [1.82, 2.24) is 20.0 Å². The number of rotatable bonds is 2. The van der Waals surface area contributed by atoms with Gasteiger partial charge in [-0.25, -0.2) is 4.68 Å². The van der Waals surface area contributed by atoms with Crippen LogP contribution in [0.3, 0.4) is 0 Å². The Bertz CT molecular complexity index is 657. The fourth-order valence-corrected chi connectivity index (χ4v) is 1.79. The monoisotopic (exact) mass is 226 g/mol. The third kappa shape index (κ3) is 1.66. The predicted octanol–water partition coefficient (Wildman–Crippen LogP) is 1.31. The zero-order chi connectivity index (χ0) is 11.7. The highest BCUT2D eigenvalue weighted by atomic mass is 16.3. The van der Waals surface area contributed by atoms with Crippen LogP contribution in [0.1, 0.15) is 5.69 Å². The van der Waals surface area contributed by atoms with Gasteiger partial charge in [-0.2, -0.15) is 0 Å². The number of pyridine rings is 1. The van der Waals surface area contributed by atoms with E-state index in [4.69, 9.17) is 5.11 Å². The smallest absolute Gasteiger partial charge is 0.109 e. The number of aromatic nitrogens is 4. The Morgan fingerprint density at radius 2 is 2.18 bits per heavy atom. The van der Waals surface area contributed by atoms with Gasteiger partial charge in [0.2, 0.25) is 0 Å². The maximum Gasteiger partial charge on any atom is 0.109 e. The summed E-state index contributed by atoms with van der Waals surface area (Å²) in [4.78, 5) is 4.12. The van der Waals surface area contributed by atoms with Crippen molar-refractivity contribution >= 4 is 10.8 Å². The van der Waals surface area contributed by atoms with Crippen LogP contribution in [0.5, 0.6) is 0 Å². The quantitative estimate of drug-likeness (QED) is 0.715. The largest absolute Gasteiger partial charge is 0.390 e. The molecule has 0 saturated carbocycles. The lowest BCUT2D eigenvalue weighted by Crippen LogP contribution is -1.96. The lowest BCUT2D eigenvalue weighted by molar-refractivity contribution is 0.276. The molecule has 1 N–H and O–H groups in total. The molecule has 0 unspecified atom stereocenters. The molecule has 84 valence electrons. The van der Waals surface area contributed by atoms with Crippen molar-refractivity contribution in [1.29, 1.82) is 0 Å². The normalized spacial score (nSPS) is 10.9. The topological polar surface area (TPSA) is 63.8 Å². The van der Waals surface area contributed by atoms with Crippen molar-refractivity contribution in [2.45, 2.75) is 6.61 Å². The summed E-state index contributed by atoms with van der Waals surface area (Å²) in [6.07, 6.45) is 5.26. The lowest BCUT2D eigenvalue weighted by atomic mass is 10.1. The molecule has 0 radical (unpaired) electrons. The molecule has 0 spiro atoms. The maximum atomic E-state index is 8.98. The molecule has 0 bridgehead atoms. The molecule has 0 amide bonds. The lowest BCUT2D eigenvalue weighted by Gasteiger charge is -2.04. The molecule has 0 aliphatic heterocycles. The van der Waals surface area contributed by atoms with Gasteiger partial charge in [0.05, 0.1) is 18.5 Å². The molecule has 2 aromatic heterocycles. The minimum absolute atomic E-state index is 0.108. The summed E-state index contributed by atoms with van der Waals surface area (Å²) in [6.45, 7) is -0.108. The summed E-state index contributed by atoms with van der Waals surface area (Å²) >= 11 is 0. The second-order valence-corrected chi connectivity index (χ2v) is 3.69. The molecular formula is C12H10N4O. The Morgan fingerprint density at radius 1 is 1.24 bits per heavy atom. The first-order chi connectivity index (χ1) is 8.38. The van der Waals surface area contributed by atoms with Gasteiger partial charge in [0.15, 0.2) is 0 Å². The Morgan fingerprint density at radius 3 is 3.00 bits per heavy atom. The molecule has 17 heavy (non-hydrogen) atoms. The second kappa shape index (κ2) is 3.95. The first-order valence-electron chi connectivity index (χ1n) is 5.23. The predicted molar refractivity (Wildman–Crippen MR) is 62.6 cm³/mol. The Balaban J connectivity index is 2.23. The molecule has 5 nitrogen and oxygen atoms in total. The van der Waals surface area contributed by atoms with Crippen LogP contribution >= 0.6 is 0 Å².